The Morgan fingerprint density at radius 1 is 1.24 bits per heavy atom. The van der Waals surface area contributed by atoms with E-state index in [2.05, 4.69) is 5.32 Å². The Bertz CT molecular complexity index is 248. The zero-order chi connectivity index (χ0) is 11.4. The molecule has 0 aromatic heterocycles. The lowest BCUT2D eigenvalue weighted by atomic mass is 10.0. The Hall–Kier alpha value is -0.280. The van der Waals surface area contributed by atoms with Crippen LogP contribution in [0.15, 0.2) is 0 Å². The second-order valence-electron chi connectivity index (χ2n) is 5.56. The number of amides is 1. The number of halogens is 1. The Morgan fingerprint density at radius 3 is 2.47 bits per heavy atom. The van der Waals surface area contributed by atoms with Crippen LogP contribution in [0, 0.1) is 5.92 Å². The smallest absolute Gasteiger partial charge is 0.240 e. The van der Waals surface area contributed by atoms with Gasteiger partial charge < -0.3 is 11.1 Å². The average Bonchev–Trinajstić information content (AvgIpc) is 2.81. The first-order chi connectivity index (χ1) is 7.71. The number of hydrogen-bond donors (Lipinski definition) is 2. The van der Waals surface area contributed by atoms with Gasteiger partial charge in [-0.05, 0) is 25.2 Å². The summed E-state index contributed by atoms with van der Waals surface area (Å²) >= 11 is 0. The first kappa shape index (κ1) is 14.8. The minimum atomic E-state index is -0.495. The van der Waals surface area contributed by atoms with Gasteiger partial charge in [0, 0.05) is 6.54 Å². The van der Waals surface area contributed by atoms with Crippen molar-refractivity contribution < 1.29 is 4.79 Å². The van der Waals surface area contributed by atoms with Crippen LogP contribution < -0.4 is 11.1 Å². The van der Waals surface area contributed by atoms with Crippen LogP contribution in [-0.2, 0) is 4.79 Å². The molecule has 0 aromatic carbocycles. The molecule has 0 atom stereocenters. The molecule has 0 aromatic rings. The van der Waals surface area contributed by atoms with Gasteiger partial charge in [0.1, 0.15) is 0 Å². The highest BCUT2D eigenvalue weighted by Crippen LogP contribution is 2.32. The molecule has 1 amide bonds. The molecule has 100 valence electrons. The lowest BCUT2D eigenvalue weighted by Gasteiger charge is -2.11. The number of unbranched alkanes of at least 4 members (excludes halogenated alkanes) is 1. The van der Waals surface area contributed by atoms with Gasteiger partial charge in [-0.2, -0.15) is 0 Å². The Labute approximate surface area is 110 Å². The monoisotopic (exact) mass is 260 g/mol. The van der Waals surface area contributed by atoms with E-state index in [0.717, 1.165) is 31.7 Å². The van der Waals surface area contributed by atoms with Gasteiger partial charge >= 0.3 is 0 Å². The molecular weight excluding hydrogens is 236 g/mol. The van der Waals surface area contributed by atoms with Crippen molar-refractivity contribution in [1.82, 2.24) is 5.32 Å². The summed E-state index contributed by atoms with van der Waals surface area (Å²) in [6.45, 7) is 0.810. The van der Waals surface area contributed by atoms with Crippen LogP contribution in [0.2, 0.25) is 0 Å². The zero-order valence-corrected chi connectivity index (χ0v) is 11.4. The second kappa shape index (κ2) is 6.60. The number of nitrogens with one attached hydrogen (secondary N) is 1. The highest BCUT2D eigenvalue weighted by atomic mass is 35.5. The predicted octanol–water partition coefficient (Wildman–Crippen LogP) is 2.38. The lowest BCUT2D eigenvalue weighted by Crippen LogP contribution is -2.42. The van der Waals surface area contributed by atoms with Crippen LogP contribution in [0.1, 0.15) is 57.8 Å². The minimum absolute atomic E-state index is 0. The Morgan fingerprint density at radius 2 is 1.88 bits per heavy atom. The van der Waals surface area contributed by atoms with E-state index in [9.17, 15) is 4.79 Å². The Balaban J connectivity index is 0.00000144. The van der Waals surface area contributed by atoms with E-state index < -0.39 is 5.54 Å². The number of rotatable bonds is 6. The topological polar surface area (TPSA) is 55.1 Å². The molecule has 0 unspecified atom stereocenters. The molecule has 0 spiro atoms. The van der Waals surface area contributed by atoms with Crippen LogP contribution in [0.25, 0.3) is 0 Å². The normalized spacial score (nSPS) is 21.9. The molecule has 0 saturated heterocycles. The van der Waals surface area contributed by atoms with Crippen molar-refractivity contribution in [1.29, 1.82) is 0 Å². The van der Waals surface area contributed by atoms with E-state index in [1.165, 1.54) is 38.5 Å². The standard InChI is InChI=1S/C13H24N2O.ClH/c14-13(8-9-13)12(16)15-10-4-3-7-11-5-1-2-6-11;/h11H,1-10,14H2,(H,15,16);1H. The van der Waals surface area contributed by atoms with Gasteiger partial charge in [0.15, 0.2) is 0 Å². The first-order valence-corrected chi connectivity index (χ1v) is 6.78. The molecule has 0 aliphatic heterocycles. The van der Waals surface area contributed by atoms with Crippen LogP contribution in [0.4, 0.5) is 0 Å². The predicted molar refractivity (Wildman–Crippen MR) is 72.2 cm³/mol. The third-order valence-electron chi connectivity index (χ3n) is 4.04. The summed E-state index contributed by atoms with van der Waals surface area (Å²) in [4.78, 5) is 11.5. The van der Waals surface area contributed by atoms with E-state index in [0.29, 0.717) is 0 Å². The van der Waals surface area contributed by atoms with E-state index in [-0.39, 0.29) is 18.3 Å². The van der Waals surface area contributed by atoms with Crippen molar-refractivity contribution >= 4 is 18.3 Å². The van der Waals surface area contributed by atoms with Gasteiger partial charge in [-0.15, -0.1) is 12.4 Å². The summed E-state index contributed by atoms with van der Waals surface area (Å²) in [5.74, 6) is 1.04. The maximum Gasteiger partial charge on any atom is 0.240 e. The van der Waals surface area contributed by atoms with Crippen molar-refractivity contribution in [2.24, 2.45) is 11.7 Å². The van der Waals surface area contributed by atoms with Gasteiger partial charge in [-0.25, -0.2) is 0 Å². The molecule has 0 bridgehead atoms. The molecule has 0 radical (unpaired) electrons. The van der Waals surface area contributed by atoms with Crippen molar-refractivity contribution in [3.8, 4) is 0 Å². The third-order valence-corrected chi connectivity index (χ3v) is 4.04. The first-order valence-electron chi connectivity index (χ1n) is 6.78. The lowest BCUT2D eigenvalue weighted by molar-refractivity contribution is -0.123. The van der Waals surface area contributed by atoms with Gasteiger partial charge in [-0.3, -0.25) is 4.79 Å². The van der Waals surface area contributed by atoms with Gasteiger partial charge in [0.2, 0.25) is 5.91 Å². The summed E-state index contributed by atoms with van der Waals surface area (Å²) in [5.41, 5.74) is 5.30. The number of carbonyl (C=O) groups is 1. The molecule has 2 fully saturated rings. The van der Waals surface area contributed by atoms with Crippen LogP contribution in [0.3, 0.4) is 0 Å². The highest BCUT2D eigenvalue weighted by molar-refractivity contribution is 5.88. The van der Waals surface area contributed by atoms with Gasteiger partial charge in [0.05, 0.1) is 5.54 Å². The van der Waals surface area contributed by atoms with Gasteiger partial charge in [0.25, 0.3) is 0 Å². The average molecular weight is 261 g/mol. The SMILES string of the molecule is Cl.NC1(C(=O)NCCCCC2CCCC2)CC1. The number of nitrogens with two attached hydrogens (primary N) is 1. The molecule has 3 nitrogen and oxygen atoms in total. The van der Waals surface area contributed by atoms with Crippen molar-refractivity contribution in [2.45, 2.75) is 63.3 Å². The minimum Gasteiger partial charge on any atom is -0.355 e. The Kier molecular flexibility index (Phi) is 5.74. The van der Waals surface area contributed by atoms with Crippen molar-refractivity contribution in [2.75, 3.05) is 6.54 Å². The largest absolute Gasteiger partial charge is 0.355 e. The fourth-order valence-corrected chi connectivity index (χ4v) is 2.60. The van der Waals surface area contributed by atoms with E-state index in [4.69, 9.17) is 5.73 Å². The maximum absolute atomic E-state index is 11.5. The van der Waals surface area contributed by atoms with Crippen molar-refractivity contribution in [3.05, 3.63) is 0 Å². The third kappa shape index (κ3) is 4.47. The summed E-state index contributed by atoms with van der Waals surface area (Å²) < 4.78 is 0. The summed E-state index contributed by atoms with van der Waals surface area (Å²) in [7, 11) is 0. The molecule has 4 heteroatoms. The quantitative estimate of drug-likeness (QED) is 0.721. The van der Waals surface area contributed by atoms with E-state index >= 15 is 0 Å². The van der Waals surface area contributed by atoms with E-state index in [1.54, 1.807) is 0 Å². The molecule has 17 heavy (non-hydrogen) atoms. The molecular formula is C13H25ClN2O. The van der Waals surface area contributed by atoms with Crippen LogP contribution >= 0.6 is 12.4 Å². The van der Waals surface area contributed by atoms with Crippen LogP contribution in [-0.4, -0.2) is 18.0 Å². The molecule has 2 rings (SSSR count). The molecule has 2 aliphatic rings. The molecule has 2 aliphatic carbocycles. The number of hydrogen-bond acceptors (Lipinski definition) is 2. The molecule has 0 heterocycles. The van der Waals surface area contributed by atoms with Crippen LogP contribution in [0.5, 0.6) is 0 Å². The molecule has 3 N–H and O–H groups in total. The summed E-state index contributed by atoms with van der Waals surface area (Å²) in [5, 5.41) is 2.95. The second-order valence-corrected chi connectivity index (χ2v) is 5.56. The van der Waals surface area contributed by atoms with Crippen molar-refractivity contribution in [3.63, 3.8) is 0 Å². The number of carbonyl (C=O) groups excluding carboxylic acids is 1. The maximum atomic E-state index is 11.5. The highest BCUT2D eigenvalue weighted by Gasteiger charge is 2.45. The summed E-state index contributed by atoms with van der Waals surface area (Å²) in [6.07, 6.45) is 11.1. The summed E-state index contributed by atoms with van der Waals surface area (Å²) in [6, 6.07) is 0. The molecule has 2 saturated carbocycles. The fraction of sp³-hybridized carbons (Fsp3) is 0.923. The van der Waals surface area contributed by atoms with E-state index in [1.807, 2.05) is 0 Å². The fourth-order valence-electron chi connectivity index (χ4n) is 2.60. The van der Waals surface area contributed by atoms with Gasteiger partial charge in [-0.1, -0.05) is 38.5 Å². The zero-order valence-electron chi connectivity index (χ0n) is 10.5.